The summed E-state index contributed by atoms with van der Waals surface area (Å²) in [6.45, 7) is 0. The van der Waals surface area contributed by atoms with Crippen molar-refractivity contribution in [1.29, 1.82) is 5.26 Å². The van der Waals surface area contributed by atoms with Crippen molar-refractivity contribution in [1.82, 2.24) is 4.98 Å². The summed E-state index contributed by atoms with van der Waals surface area (Å²) in [5.74, 6) is -0.410. The minimum absolute atomic E-state index is 0.248. The summed E-state index contributed by atoms with van der Waals surface area (Å²) in [7, 11) is 0. The van der Waals surface area contributed by atoms with E-state index in [0.717, 1.165) is 0 Å². The van der Waals surface area contributed by atoms with Crippen molar-refractivity contribution in [3.63, 3.8) is 0 Å². The predicted molar refractivity (Wildman–Crippen MR) is 63.6 cm³/mol. The van der Waals surface area contributed by atoms with E-state index >= 15 is 0 Å². The van der Waals surface area contributed by atoms with Crippen molar-refractivity contribution in [3.8, 4) is 6.07 Å². The monoisotopic (exact) mass is 247 g/mol. The second-order valence-corrected chi connectivity index (χ2v) is 3.69. The fourth-order valence-corrected chi connectivity index (χ4v) is 1.54. The summed E-state index contributed by atoms with van der Waals surface area (Å²) in [6, 6.07) is 7.60. The molecular formula is C12H7ClFN3. The SMILES string of the molecule is N#Cc1ccncc1Nc1ccc(F)cc1Cl. The van der Waals surface area contributed by atoms with Gasteiger partial charge in [0.2, 0.25) is 0 Å². The summed E-state index contributed by atoms with van der Waals surface area (Å²) in [5.41, 5.74) is 1.50. The molecule has 0 radical (unpaired) electrons. The number of hydrogen-bond donors (Lipinski definition) is 1. The largest absolute Gasteiger partial charge is 0.352 e. The Morgan fingerprint density at radius 3 is 2.82 bits per heavy atom. The second kappa shape index (κ2) is 4.81. The molecule has 0 saturated heterocycles. The van der Waals surface area contributed by atoms with E-state index < -0.39 is 5.82 Å². The number of nitriles is 1. The summed E-state index contributed by atoms with van der Waals surface area (Å²) in [6.07, 6.45) is 3.04. The molecule has 1 aromatic heterocycles. The van der Waals surface area contributed by atoms with Gasteiger partial charge in [-0.1, -0.05) is 11.6 Å². The van der Waals surface area contributed by atoms with Gasteiger partial charge < -0.3 is 5.32 Å². The lowest BCUT2D eigenvalue weighted by Crippen LogP contribution is -1.95. The topological polar surface area (TPSA) is 48.7 Å². The molecule has 0 aliphatic rings. The molecule has 0 spiro atoms. The van der Waals surface area contributed by atoms with Crippen LogP contribution in [0.3, 0.4) is 0 Å². The zero-order chi connectivity index (χ0) is 12.3. The van der Waals surface area contributed by atoms with Crippen LogP contribution in [0.15, 0.2) is 36.7 Å². The van der Waals surface area contributed by atoms with Crippen LogP contribution >= 0.6 is 11.6 Å². The number of hydrogen-bond acceptors (Lipinski definition) is 3. The van der Waals surface area contributed by atoms with Crippen LogP contribution in [0.4, 0.5) is 15.8 Å². The first kappa shape index (κ1) is 11.4. The standard InChI is InChI=1S/C12H7ClFN3/c13-10-5-9(14)1-2-11(10)17-12-7-16-4-3-8(12)6-15/h1-5,7,17H. The van der Waals surface area contributed by atoms with Crippen molar-refractivity contribution < 1.29 is 4.39 Å². The van der Waals surface area contributed by atoms with Crippen molar-refractivity contribution in [2.45, 2.75) is 0 Å². The van der Waals surface area contributed by atoms with Gasteiger partial charge in [-0.25, -0.2) is 4.39 Å². The van der Waals surface area contributed by atoms with E-state index in [2.05, 4.69) is 10.3 Å². The molecule has 1 heterocycles. The maximum absolute atomic E-state index is 12.9. The van der Waals surface area contributed by atoms with Gasteiger partial charge in [-0.2, -0.15) is 5.26 Å². The van der Waals surface area contributed by atoms with E-state index in [1.165, 1.54) is 30.6 Å². The lowest BCUT2D eigenvalue weighted by atomic mass is 10.2. The molecule has 1 N–H and O–H groups in total. The maximum atomic E-state index is 12.9. The van der Waals surface area contributed by atoms with Crippen LogP contribution in [0, 0.1) is 17.1 Å². The van der Waals surface area contributed by atoms with Crippen LogP contribution in [0.2, 0.25) is 5.02 Å². The molecule has 0 atom stereocenters. The fourth-order valence-electron chi connectivity index (χ4n) is 1.33. The quantitative estimate of drug-likeness (QED) is 0.884. The van der Waals surface area contributed by atoms with Crippen LogP contribution in [0.25, 0.3) is 0 Å². The normalized spacial score (nSPS) is 9.71. The van der Waals surface area contributed by atoms with Crippen LogP contribution in [0.1, 0.15) is 5.56 Å². The predicted octanol–water partition coefficient (Wildman–Crippen LogP) is 3.49. The first-order chi connectivity index (χ1) is 8.20. The number of rotatable bonds is 2. The Morgan fingerprint density at radius 2 is 2.12 bits per heavy atom. The zero-order valence-electron chi connectivity index (χ0n) is 8.61. The molecule has 0 aliphatic heterocycles. The summed E-state index contributed by atoms with van der Waals surface area (Å²) in [5, 5.41) is 12.1. The van der Waals surface area contributed by atoms with Crippen molar-refractivity contribution in [2.75, 3.05) is 5.32 Å². The Bertz CT molecular complexity index is 593. The van der Waals surface area contributed by atoms with Gasteiger partial charge in [0.1, 0.15) is 11.9 Å². The zero-order valence-corrected chi connectivity index (χ0v) is 9.37. The Labute approximate surface area is 102 Å². The molecule has 2 aromatic rings. The number of nitrogens with zero attached hydrogens (tertiary/aromatic N) is 2. The van der Waals surface area contributed by atoms with Gasteiger partial charge in [0.15, 0.2) is 0 Å². The molecular weight excluding hydrogens is 241 g/mol. The van der Waals surface area contributed by atoms with Crippen LogP contribution in [-0.2, 0) is 0 Å². The van der Waals surface area contributed by atoms with Gasteiger partial charge in [-0.15, -0.1) is 0 Å². The average molecular weight is 248 g/mol. The molecule has 3 nitrogen and oxygen atoms in total. The van der Waals surface area contributed by atoms with Gasteiger partial charge in [0.25, 0.3) is 0 Å². The average Bonchev–Trinajstić information content (AvgIpc) is 2.33. The Balaban J connectivity index is 2.35. The lowest BCUT2D eigenvalue weighted by Gasteiger charge is -2.09. The highest BCUT2D eigenvalue weighted by Crippen LogP contribution is 2.27. The summed E-state index contributed by atoms with van der Waals surface area (Å²) in [4.78, 5) is 3.91. The summed E-state index contributed by atoms with van der Waals surface area (Å²) < 4.78 is 12.9. The number of nitrogens with one attached hydrogen (secondary N) is 1. The molecule has 0 saturated carbocycles. The molecule has 5 heteroatoms. The first-order valence-electron chi connectivity index (χ1n) is 4.77. The third-order valence-electron chi connectivity index (χ3n) is 2.14. The number of aromatic nitrogens is 1. The minimum Gasteiger partial charge on any atom is -0.352 e. The van der Waals surface area contributed by atoms with Gasteiger partial charge in [-0.3, -0.25) is 4.98 Å². The maximum Gasteiger partial charge on any atom is 0.124 e. The molecule has 1 aromatic carbocycles. The lowest BCUT2D eigenvalue weighted by molar-refractivity contribution is 0.628. The van der Waals surface area contributed by atoms with Crippen molar-refractivity contribution in [3.05, 3.63) is 53.1 Å². The first-order valence-corrected chi connectivity index (χ1v) is 5.14. The molecule has 2 rings (SSSR count). The number of benzene rings is 1. The highest BCUT2D eigenvalue weighted by Gasteiger charge is 2.05. The number of anilines is 2. The van der Waals surface area contributed by atoms with Gasteiger partial charge in [0, 0.05) is 6.20 Å². The van der Waals surface area contributed by atoms with E-state index in [1.54, 1.807) is 6.07 Å². The number of pyridine rings is 1. The van der Waals surface area contributed by atoms with Gasteiger partial charge in [-0.05, 0) is 24.3 Å². The van der Waals surface area contributed by atoms with Gasteiger partial charge >= 0.3 is 0 Å². The third kappa shape index (κ3) is 2.52. The Hall–Kier alpha value is -2.12. The Kier molecular flexibility index (Phi) is 3.22. The highest BCUT2D eigenvalue weighted by atomic mass is 35.5. The molecule has 17 heavy (non-hydrogen) atoms. The molecule has 0 unspecified atom stereocenters. The molecule has 0 fully saturated rings. The molecule has 0 amide bonds. The van der Waals surface area contributed by atoms with Crippen molar-refractivity contribution in [2.24, 2.45) is 0 Å². The summed E-state index contributed by atoms with van der Waals surface area (Å²) >= 11 is 5.87. The fraction of sp³-hybridized carbons (Fsp3) is 0. The molecule has 0 bridgehead atoms. The second-order valence-electron chi connectivity index (χ2n) is 3.28. The molecule has 0 aliphatic carbocycles. The smallest absolute Gasteiger partial charge is 0.124 e. The number of halogens is 2. The van der Waals surface area contributed by atoms with Crippen LogP contribution in [-0.4, -0.2) is 4.98 Å². The molecule has 84 valence electrons. The van der Waals surface area contributed by atoms with E-state index in [9.17, 15) is 4.39 Å². The van der Waals surface area contributed by atoms with Gasteiger partial charge in [0.05, 0.1) is 28.2 Å². The van der Waals surface area contributed by atoms with E-state index in [0.29, 0.717) is 16.9 Å². The van der Waals surface area contributed by atoms with Crippen molar-refractivity contribution >= 4 is 23.0 Å². The van der Waals surface area contributed by atoms with Crippen LogP contribution in [0.5, 0.6) is 0 Å². The minimum atomic E-state index is -0.410. The van der Waals surface area contributed by atoms with E-state index in [1.807, 2.05) is 6.07 Å². The van der Waals surface area contributed by atoms with E-state index in [-0.39, 0.29) is 5.02 Å². The third-order valence-corrected chi connectivity index (χ3v) is 2.45. The van der Waals surface area contributed by atoms with Crippen LogP contribution < -0.4 is 5.32 Å². The van der Waals surface area contributed by atoms with E-state index in [4.69, 9.17) is 16.9 Å². The highest BCUT2D eigenvalue weighted by molar-refractivity contribution is 6.33. The Morgan fingerprint density at radius 1 is 1.29 bits per heavy atom.